The number of hydrogen-bond acceptors (Lipinski definition) is 4. The molecule has 108 valence electrons. The normalized spacial score (nSPS) is 12.9. The lowest BCUT2D eigenvalue weighted by atomic mass is 10.0. The highest BCUT2D eigenvalue weighted by atomic mass is 16.5. The first-order valence-electron chi connectivity index (χ1n) is 6.63. The Kier molecular flexibility index (Phi) is 7.67. The second kappa shape index (κ2) is 9.04. The number of rotatable bonds is 9. The lowest BCUT2D eigenvalue weighted by molar-refractivity contribution is 0.0694. The van der Waals surface area contributed by atoms with Crippen LogP contribution < -0.4 is 0 Å². The van der Waals surface area contributed by atoms with Gasteiger partial charge in [0.15, 0.2) is 0 Å². The standard InChI is InChI=1S/C15H25NO3/c1-13-6-4-5-7-14(13)15(17)12-16(8-10-18-2)9-11-19-3/h4-7,15,17H,8-12H2,1-3H3. The Hall–Kier alpha value is -0.940. The van der Waals surface area contributed by atoms with Gasteiger partial charge in [0.1, 0.15) is 0 Å². The van der Waals surface area contributed by atoms with Crippen molar-refractivity contribution in [2.24, 2.45) is 0 Å². The topological polar surface area (TPSA) is 41.9 Å². The van der Waals surface area contributed by atoms with E-state index >= 15 is 0 Å². The van der Waals surface area contributed by atoms with Crippen LogP contribution in [0.4, 0.5) is 0 Å². The van der Waals surface area contributed by atoms with Crippen molar-refractivity contribution in [3.63, 3.8) is 0 Å². The van der Waals surface area contributed by atoms with E-state index in [0.29, 0.717) is 19.8 Å². The Labute approximate surface area is 115 Å². The Morgan fingerprint density at radius 1 is 1.11 bits per heavy atom. The van der Waals surface area contributed by atoms with Gasteiger partial charge in [0.05, 0.1) is 19.3 Å². The van der Waals surface area contributed by atoms with Crippen molar-refractivity contribution in [2.75, 3.05) is 47.1 Å². The van der Waals surface area contributed by atoms with E-state index in [2.05, 4.69) is 4.90 Å². The molecule has 0 fully saturated rings. The maximum absolute atomic E-state index is 10.3. The van der Waals surface area contributed by atoms with Crippen molar-refractivity contribution in [3.8, 4) is 0 Å². The molecule has 1 unspecified atom stereocenters. The number of hydrogen-bond donors (Lipinski definition) is 1. The first kappa shape index (κ1) is 16.1. The summed E-state index contributed by atoms with van der Waals surface area (Å²) in [6.07, 6.45) is -0.477. The van der Waals surface area contributed by atoms with Gasteiger partial charge in [-0.1, -0.05) is 24.3 Å². The number of benzene rings is 1. The van der Waals surface area contributed by atoms with Crippen LogP contribution in [0.3, 0.4) is 0 Å². The summed E-state index contributed by atoms with van der Waals surface area (Å²) in [6, 6.07) is 7.94. The summed E-state index contributed by atoms with van der Waals surface area (Å²) in [6.45, 7) is 5.52. The number of aliphatic hydroxyl groups is 1. The maximum atomic E-state index is 10.3. The van der Waals surface area contributed by atoms with Crippen LogP contribution >= 0.6 is 0 Å². The zero-order valence-electron chi connectivity index (χ0n) is 12.1. The molecule has 1 rings (SSSR count). The minimum absolute atomic E-state index is 0.477. The number of ether oxygens (including phenoxy) is 2. The Morgan fingerprint density at radius 3 is 2.21 bits per heavy atom. The molecular formula is C15H25NO3. The molecule has 0 aliphatic heterocycles. The van der Waals surface area contributed by atoms with E-state index in [1.807, 2.05) is 31.2 Å². The molecule has 0 aliphatic carbocycles. The monoisotopic (exact) mass is 267 g/mol. The smallest absolute Gasteiger partial charge is 0.0919 e. The Balaban J connectivity index is 2.59. The molecule has 0 aromatic heterocycles. The lowest BCUT2D eigenvalue weighted by Crippen LogP contribution is -2.34. The van der Waals surface area contributed by atoms with E-state index in [1.54, 1.807) is 14.2 Å². The molecule has 0 saturated carbocycles. The average Bonchev–Trinajstić information content (AvgIpc) is 2.42. The molecule has 0 aliphatic rings. The highest BCUT2D eigenvalue weighted by Crippen LogP contribution is 2.18. The van der Waals surface area contributed by atoms with Gasteiger partial charge in [-0.25, -0.2) is 0 Å². The molecule has 19 heavy (non-hydrogen) atoms. The van der Waals surface area contributed by atoms with E-state index in [9.17, 15) is 5.11 Å². The summed E-state index contributed by atoms with van der Waals surface area (Å²) in [5, 5.41) is 10.3. The molecule has 0 heterocycles. The van der Waals surface area contributed by atoms with E-state index in [-0.39, 0.29) is 0 Å². The van der Waals surface area contributed by atoms with E-state index in [0.717, 1.165) is 24.2 Å². The SMILES string of the molecule is COCCN(CCOC)CC(O)c1ccccc1C. The number of aliphatic hydroxyl groups excluding tert-OH is 1. The third-order valence-corrected chi connectivity index (χ3v) is 3.20. The lowest BCUT2D eigenvalue weighted by Gasteiger charge is -2.25. The van der Waals surface area contributed by atoms with E-state index < -0.39 is 6.10 Å². The number of aryl methyl sites for hydroxylation is 1. The second-order valence-corrected chi connectivity index (χ2v) is 4.66. The van der Waals surface area contributed by atoms with Gasteiger partial charge in [-0.05, 0) is 18.1 Å². The van der Waals surface area contributed by atoms with Crippen molar-refractivity contribution in [3.05, 3.63) is 35.4 Å². The molecule has 0 spiro atoms. The molecule has 1 aromatic carbocycles. The summed E-state index contributed by atoms with van der Waals surface area (Å²) in [5.41, 5.74) is 2.11. The average molecular weight is 267 g/mol. The molecule has 0 saturated heterocycles. The molecule has 4 heteroatoms. The molecule has 0 bridgehead atoms. The van der Waals surface area contributed by atoms with Crippen molar-refractivity contribution < 1.29 is 14.6 Å². The van der Waals surface area contributed by atoms with Crippen LogP contribution in [0.25, 0.3) is 0 Å². The molecule has 1 N–H and O–H groups in total. The summed E-state index contributed by atoms with van der Waals surface area (Å²) >= 11 is 0. The maximum Gasteiger partial charge on any atom is 0.0919 e. The van der Waals surface area contributed by atoms with Crippen molar-refractivity contribution >= 4 is 0 Å². The summed E-state index contributed by atoms with van der Waals surface area (Å²) in [4.78, 5) is 2.16. The fraction of sp³-hybridized carbons (Fsp3) is 0.600. The first-order chi connectivity index (χ1) is 9.19. The fourth-order valence-electron chi connectivity index (χ4n) is 2.04. The van der Waals surface area contributed by atoms with E-state index in [4.69, 9.17) is 9.47 Å². The molecule has 1 atom stereocenters. The van der Waals surface area contributed by atoms with Gasteiger partial charge in [-0.15, -0.1) is 0 Å². The van der Waals surface area contributed by atoms with Gasteiger partial charge in [-0.3, -0.25) is 4.90 Å². The highest BCUT2D eigenvalue weighted by molar-refractivity contribution is 5.27. The Bertz CT molecular complexity index is 349. The third kappa shape index (κ3) is 5.70. The third-order valence-electron chi connectivity index (χ3n) is 3.20. The highest BCUT2D eigenvalue weighted by Gasteiger charge is 2.14. The number of nitrogens with zero attached hydrogens (tertiary/aromatic N) is 1. The zero-order valence-corrected chi connectivity index (χ0v) is 12.1. The fourth-order valence-corrected chi connectivity index (χ4v) is 2.04. The zero-order chi connectivity index (χ0) is 14.1. The van der Waals surface area contributed by atoms with Gasteiger partial charge in [0.25, 0.3) is 0 Å². The number of methoxy groups -OCH3 is 2. The Morgan fingerprint density at radius 2 is 1.68 bits per heavy atom. The van der Waals surface area contributed by atoms with Crippen LogP contribution in [0.15, 0.2) is 24.3 Å². The summed E-state index contributed by atoms with van der Waals surface area (Å²) in [5.74, 6) is 0. The summed E-state index contributed by atoms with van der Waals surface area (Å²) < 4.78 is 10.2. The van der Waals surface area contributed by atoms with Gasteiger partial charge in [-0.2, -0.15) is 0 Å². The minimum Gasteiger partial charge on any atom is -0.387 e. The predicted molar refractivity (Wildman–Crippen MR) is 76.3 cm³/mol. The predicted octanol–water partition coefficient (Wildman–Crippen LogP) is 1.62. The van der Waals surface area contributed by atoms with Crippen LogP contribution in [0.2, 0.25) is 0 Å². The van der Waals surface area contributed by atoms with Crippen LogP contribution in [-0.2, 0) is 9.47 Å². The first-order valence-corrected chi connectivity index (χ1v) is 6.63. The van der Waals surface area contributed by atoms with Crippen LogP contribution in [0.5, 0.6) is 0 Å². The van der Waals surface area contributed by atoms with Crippen LogP contribution in [-0.4, -0.2) is 57.1 Å². The van der Waals surface area contributed by atoms with E-state index in [1.165, 1.54) is 0 Å². The molecule has 4 nitrogen and oxygen atoms in total. The van der Waals surface area contributed by atoms with Crippen molar-refractivity contribution in [1.82, 2.24) is 4.90 Å². The van der Waals surface area contributed by atoms with Crippen molar-refractivity contribution in [1.29, 1.82) is 0 Å². The van der Waals surface area contributed by atoms with Gasteiger partial charge >= 0.3 is 0 Å². The second-order valence-electron chi connectivity index (χ2n) is 4.66. The minimum atomic E-state index is -0.477. The molecule has 0 radical (unpaired) electrons. The summed E-state index contributed by atoms with van der Waals surface area (Å²) in [7, 11) is 3.37. The molecule has 1 aromatic rings. The van der Waals surface area contributed by atoms with Crippen molar-refractivity contribution in [2.45, 2.75) is 13.0 Å². The largest absolute Gasteiger partial charge is 0.387 e. The quantitative estimate of drug-likeness (QED) is 0.738. The van der Waals surface area contributed by atoms with Gasteiger partial charge in [0.2, 0.25) is 0 Å². The van der Waals surface area contributed by atoms with Crippen LogP contribution in [0, 0.1) is 6.92 Å². The van der Waals surface area contributed by atoms with Gasteiger partial charge < -0.3 is 14.6 Å². The van der Waals surface area contributed by atoms with Gasteiger partial charge in [0, 0.05) is 33.9 Å². The molecule has 0 amide bonds. The van der Waals surface area contributed by atoms with Crippen LogP contribution in [0.1, 0.15) is 17.2 Å². The molecular weight excluding hydrogens is 242 g/mol.